The Balaban J connectivity index is 1.25. The van der Waals surface area contributed by atoms with E-state index in [0.29, 0.717) is 39.1 Å². The summed E-state index contributed by atoms with van der Waals surface area (Å²) in [4.78, 5) is 12.3. The summed E-state index contributed by atoms with van der Waals surface area (Å²) in [5.41, 5.74) is 3.40. The average Bonchev–Trinajstić information content (AvgIpc) is 2.97. The van der Waals surface area contributed by atoms with E-state index in [2.05, 4.69) is 10.2 Å². The van der Waals surface area contributed by atoms with E-state index in [4.69, 9.17) is 18.3 Å². The second kappa shape index (κ2) is 10.4. The van der Waals surface area contributed by atoms with Crippen LogP contribution in [0.1, 0.15) is 16.7 Å². The van der Waals surface area contributed by atoms with Crippen LogP contribution in [0.5, 0.6) is 11.5 Å². The topological polar surface area (TPSA) is 99.7 Å². The molecule has 0 unspecified atom stereocenters. The molecule has 0 amide bonds. The molecule has 1 aliphatic heterocycles. The molecule has 4 aromatic carbocycles. The maximum Gasteiger partial charge on any atom is 0.475 e. The Morgan fingerprint density at radius 1 is 0.711 bits per heavy atom. The molecule has 1 aliphatic rings. The van der Waals surface area contributed by atoms with Crippen molar-refractivity contribution >= 4 is 18.6 Å². The Hall–Kier alpha value is -4.07. The molecule has 6 rings (SSSR count). The van der Waals surface area contributed by atoms with Crippen molar-refractivity contribution in [1.29, 1.82) is 0 Å². The summed E-state index contributed by atoms with van der Waals surface area (Å²) in [7, 11) is -3.94. The van der Waals surface area contributed by atoms with Crippen LogP contribution in [-0.2, 0) is 38.0 Å². The lowest BCUT2D eigenvalue weighted by molar-refractivity contribution is 0.0978. The first-order valence-electron chi connectivity index (χ1n) is 12.0. The van der Waals surface area contributed by atoms with Crippen LogP contribution in [0, 0.1) is 0 Å². The van der Waals surface area contributed by atoms with Crippen LogP contribution in [0.3, 0.4) is 0 Å². The van der Waals surface area contributed by atoms with Crippen LogP contribution in [0.2, 0.25) is 0 Å². The molecular formula is C29H23N2O6P. The zero-order valence-electron chi connectivity index (χ0n) is 20.2. The molecule has 5 aromatic rings. The van der Waals surface area contributed by atoms with E-state index in [0.717, 1.165) is 11.1 Å². The zero-order valence-corrected chi connectivity index (χ0v) is 21.1. The molecule has 9 heteroatoms. The molecule has 0 saturated carbocycles. The molecule has 0 spiro atoms. The van der Waals surface area contributed by atoms with Gasteiger partial charge in [0, 0.05) is 5.56 Å². The van der Waals surface area contributed by atoms with Gasteiger partial charge in [-0.25, -0.2) is 9.66 Å². The van der Waals surface area contributed by atoms with Gasteiger partial charge in [-0.15, -0.1) is 0 Å². The summed E-state index contributed by atoms with van der Waals surface area (Å²) in [5.74, 6) is 1.16. The largest absolute Gasteiger partial charge is 0.475 e. The quantitative estimate of drug-likeness (QED) is 0.208. The van der Waals surface area contributed by atoms with Crippen LogP contribution < -0.4 is 10.3 Å². The highest BCUT2D eigenvalue weighted by Gasteiger charge is 2.28. The average molecular weight is 526 g/mol. The van der Waals surface area contributed by atoms with Gasteiger partial charge in [-0.3, -0.25) is 18.4 Å². The molecule has 38 heavy (non-hydrogen) atoms. The molecule has 190 valence electrons. The molecular weight excluding hydrogens is 503 g/mol. The number of H-pyrrole nitrogens is 1. The van der Waals surface area contributed by atoms with Gasteiger partial charge in [-0.1, -0.05) is 72.8 Å². The smallest absolute Gasteiger partial charge is 0.456 e. The summed E-state index contributed by atoms with van der Waals surface area (Å²) in [5, 5.41) is 7.99. The second-order valence-corrected chi connectivity index (χ2v) is 10.4. The number of hydrogen-bond donors (Lipinski definition) is 1. The van der Waals surface area contributed by atoms with E-state index in [1.165, 1.54) is 0 Å². The fourth-order valence-corrected chi connectivity index (χ4v) is 5.39. The normalized spacial score (nSPS) is 12.2. The van der Waals surface area contributed by atoms with Crippen molar-refractivity contribution in [3.8, 4) is 22.8 Å². The summed E-state index contributed by atoms with van der Waals surface area (Å²) in [6, 6.07) is 29.6. The second-order valence-electron chi connectivity index (χ2n) is 8.75. The summed E-state index contributed by atoms with van der Waals surface area (Å²) in [6.45, 7) is 0.101. The third kappa shape index (κ3) is 5.03. The van der Waals surface area contributed by atoms with Crippen LogP contribution in [0.4, 0.5) is 0 Å². The van der Waals surface area contributed by atoms with Crippen LogP contribution in [0.15, 0.2) is 102 Å². The highest BCUT2D eigenvalue weighted by Crippen LogP contribution is 2.52. The number of nitrogens with one attached hydrogen (secondary N) is 1. The van der Waals surface area contributed by atoms with Gasteiger partial charge in [0.1, 0.15) is 17.2 Å². The summed E-state index contributed by atoms with van der Waals surface area (Å²) < 4.78 is 36.9. The predicted octanol–water partition coefficient (Wildman–Crippen LogP) is 6.75. The molecule has 2 heterocycles. The minimum Gasteiger partial charge on any atom is -0.456 e. The van der Waals surface area contributed by atoms with Gasteiger partial charge in [0.2, 0.25) is 0 Å². The number of nitrogens with zero attached hydrogens (tertiary/aromatic N) is 1. The van der Waals surface area contributed by atoms with E-state index in [1.54, 1.807) is 24.3 Å². The van der Waals surface area contributed by atoms with Crippen molar-refractivity contribution in [3.05, 3.63) is 124 Å². The molecule has 1 aromatic heterocycles. The lowest BCUT2D eigenvalue weighted by Crippen LogP contribution is -2.12. The highest BCUT2D eigenvalue weighted by atomic mass is 31.2. The molecule has 0 radical (unpaired) electrons. The van der Waals surface area contributed by atoms with E-state index < -0.39 is 7.82 Å². The van der Waals surface area contributed by atoms with Gasteiger partial charge < -0.3 is 4.74 Å². The van der Waals surface area contributed by atoms with Crippen molar-refractivity contribution in [3.63, 3.8) is 0 Å². The minimum absolute atomic E-state index is 0.0394. The molecule has 0 atom stereocenters. The molecule has 0 aliphatic carbocycles. The fourth-order valence-electron chi connectivity index (χ4n) is 4.25. The van der Waals surface area contributed by atoms with E-state index in [9.17, 15) is 9.36 Å². The fraction of sp³-hybridized carbons (Fsp3) is 0.103. The SMILES string of the molecule is O=c1[nH]nc2c3c(cccc13)Oc1ccc(COP(=O)(OCc3ccccc3)OCc3ccccc3)cc1-2. The van der Waals surface area contributed by atoms with Crippen LogP contribution in [-0.4, -0.2) is 10.2 Å². The first kappa shape index (κ1) is 24.3. The number of rotatable bonds is 9. The molecule has 0 saturated heterocycles. The predicted molar refractivity (Wildman–Crippen MR) is 143 cm³/mol. The maximum absolute atomic E-state index is 13.6. The van der Waals surface area contributed by atoms with Gasteiger partial charge in [0.05, 0.1) is 30.6 Å². The van der Waals surface area contributed by atoms with Gasteiger partial charge >= 0.3 is 7.82 Å². The Morgan fingerprint density at radius 3 is 2.00 bits per heavy atom. The molecule has 8 nitrogen and oxygen atoms in total. The van der Waals surface area contributed by atoms with E-state index in [-0.39, 0.29) is 25.4 Å². The van der Waals surface area contributed by atoms with Crippen molar-refractivity contribution < 1.29 is 22.9 Å². The van der Waals surface area contributed by atoms with Crippen LogP contribution >= 0.6 is 7.82 Å². The third-order valence-electron chi connectivity index (χ3n) is 6.15. The molecule has 0 fully saturated rings. The Kier molecular flexibility index (Phi) is 6.62. The van der Waals surface area contributed by atoms with Crippen molar-refractivity contribution in [2.45, 2.75) is 19.8 Å². The Bertz CT molecular complexity index is 1660. The number of phosphoric acid groups is 1. The first-order chi connectivity index (χ1) is 18.6. The Labute approximate surface area is 218 Å². The number of benzene rings is 4. The number of hydrogen-bond acceptors (Lipinski definition) is 7. The lowest BCUT2D eigenvalue weighted by Gasteiger charge is -2.21. The summed E-state index contributed by atoms with van der Waals surface area (Å²) >= 11 is 0. The minimum atomic E-state index is -3.94. The highest BCUT2D eigenvalue weighted by molar-refractivity contribution is 7.48. The first-order valence-corrected chi connectivity index (χ1v) is 13.5. The standard InChI is InChI=1S/C29H23N2O6P/c32-29-23-12-7-13-26-27(23)28(30-31-29)24-16-22(14-15-25(24)37-26)19-36-38(33,34-17-20-8-3-1-4-9-20)35-18-21-10-5-2-6-11-21/h1-16H,17-19H2,(H,31,32). The number of aromatic amines is 1. The van der Waals surface area contributed by atoms with Gasteiger partial charge in [-0.05, 0) is 41.0 Å². The van der Waals surface area contributed by atoms with Gasteiger partial charge in [0.25, 0.3) is 5.56 Å². The number of aromatic nitrogens is 2. The Morgan fingerprint density at radius 2 is 1.34 bits per heavy atom. The lowest BCUT2D eigenvalue weighted by atomic mass is 9.99. The monoisotopic (exact) mass is 526 g/mol. The third-order valence-corrected chi connectivity index (χ3v) is 7.49. The van der Waals surface area contributed by atoms with Crippen LogP contribution in [0.25, 0.3) is 22.0 Å². The van der Waals surface area contributed by atoms with E-state index >= 15 is 0 Å². The van der Waals surface area contributed by atoms with Gasteiger partial charge in [-0.2, -0.15) is 5.10 Å². The van der Waals surface area contributed by atoms with Crippen molar-refractivity contribution in [2.24, 2.45) is 0 Å². The maximum atomic E-state index is 13.6. The summed E-state index contributed by atoms with van der Waals surface area (Å²) in [6.07, 6.45) is 0. The number of fused-ring (bicyclic) bond motifs is 2. The zero-order chi connectivity index (χ0) is 26.0. The van der Waals surface area contributed by atoms with E-state index in [1.807, 2.05) is 72.8 Å². The van der Waals surface area contributed by atoms with Crippen molar-refractivity contribution in [1.82, 2.24) is 10.2 Å². The van der Waals surface area contributed by atoms with Gasteiger partial charge in [0.15, 0.2) is 0 Å². The number of phosphoric ester groups is 1. The molecule has 1 N–H and O–H groups in total. The van der Waals surface area contributed by atoms with Crippen molar-refractivity contribution in [2.75, 3.05) is 0 Å². The number of ether oxygens (including phenoxy) is 1. The molecule has 0 bridgehead atoms.